The maximum atomic E-state index is 4.40. The standard InChI is InChI=1S/C17H30N4S.HI/c1-4-21-10-6-15(7-11-21)5-9-19-17(18-2)20(3)13-16-8-12-22-14-16;/h8,12,14-15H,4-7,9-11,13H2,1-3H3,(H,18,19);1H. The Balaban J connectivity index is 0.00000264. The quantitative estimate of drug-likeness (QED) is 0.409. The van der Waals surface area contributed by atoms with Gasteiger partial charge in [0.2, 0.25) is 0 Å². The minimum atomic E-state index is 0. The fraction of sp³-hybridized carbons (Fsp3) is 0.706. The van der Waals surface area contributed by atoms with Crippen LogP contribution in [0.1, 0.15) is 31.7 Å². The van der Waals surface area contributed by atoms with Crippen molar-refractivity contribution < 1.29 is 0 Å². The molecule has 0 atom stereocenters. The fourth-order valence-electron chi connectivity index (χ4n) is 3.10. The van der Waals surface area contributed by atoms with Crippen molar-refractivity contribution in [2.24, 2.45) is 10.9 Å². The first-order valence-corrected chi connectivity index (χ1v) is 9.32. The van der Waals surface area contributed by atoms with E-state index in [0.717, 1.165) is 25.0 Å². The largest absolute Gasteiger partial charge is 0.356 e. The molecule has 1 N–H and O–H groups in total. The number of thiophene rings is 1. The van der Waals surface area contributed by atoms with E-state index in [2.05, 4.69) is 50.9 Å². The minimum Gasteiger partial charge on any atom is -0.356 e. The van der Waals surface area contributed by atoms with Crippen LogP contribution in [-0.2, 0) is 6.54 Å². The van der Waals surface area contributed by atoms with Gasteiger partial charge in [0.1, 0.15) is 0 Å². The van der Waals surface area contributed by atoms with Gasteiger partial charge in [-0.15, -0.1) is 24.0 Å². The molecule has 1 aliphatic heterocycles. The van der Waals surface area contributed by atoms with Crippen LogP contribution < -0.4 is 5.32 Å². The van der Waals surface area contributed by atoms with E-state index in [9.17, 15) is 0 Å². The second kappa shape index (κ2) is 11.3. The number of nitrogens with one attached hydrogen (secondary N) is 1. The van der Waals surface area contributed by atoms with Gasteiger partial charge in [0.15, 0.2) is 5.96 Å². The summed E-state index contributed by atoms with van der Waals surface area (Å²) in [6.45, 7) is 7.94. The van der Waals surface area contributed by atoms with Gasteiger partial charge in [0.05, 0.1) is 0 Å². The van der Waals surface area contributed by atoms with E-state index in [-0.39, 0.29) is 24.0 Å². The molecule has 1 aliphatic rings. The number of guanidine groups is 1. The molecule has 2 rings (SSSR count). The van der Waals surface area contributed by atoms with Gasteiger partial charge in [-0.1, -0.05) is 6.92 Å². The van der Waals surface area contributed by atoms with E-state index in [4.69, 9.17) is 0 Å². The third-order valence-corrected chi connectivity index (χ3v) is 5.30. The number of nitrogens with zero attached hydrogens (tertiary/aromatic N) is 3. The molecule has 0 bridgehead atoms. The van der Waals surface area contributed by atoms with Gasteiger partial charge in [-0.3, -0.25) is 4.99 Å². The van der Waals surface area contributed by atoms with Crippen molar-refractivity contribution in [1.82, 2.24) is 15.1 Å². The highest BCUT2D eigenvalue weighted by molar-refractivity contribution is 14.0. The fourth-order valence-corrected chi connectivity index (χ4v) is 3.76. The van der Waals surface area contributed by atoms with E-state index in [1.807, 2.05) is 7.05 Å². The van der Waals surface area contributed by atoms with Gasteiger partial charge >= 0.3 is 0 Å². The number of likely N-dealkylation sites (tertiary alicyclic amines) is 1. The Morgan fingerprint density at radius 1 is 1.43 bits per heavy atom. The molecule has 2 heterocycles. The normalized spacial score (nSPS) is 16.9. The van der Waals surface area contributed by atoms with Crippen LogP contribution in [0, 0.1) is 5.92 Å². The maximum Gasteiger partial charge on any atom is 0.193 e. The molecule has 1 aromatic rings. The van der Waals surface area contributed by atoms with Crippen LogP contribution in [0.25, 0.3) is 0 Å². The van der Waals surface area contributed by atoms with E-state index in [1.54, 1.807) is 11.3 Å². The molecule has 1 saturated heterocycles. The van der Waals surface area contributed by atoms with Gasteiger partial charge in [-0.25, -0.2) is 0 Å². The summed E-state index contributed by atoms with van der Waals surface area (Å²) in [6.07, 6.45) is 3.95. The summed E-state index contributed by atoms with van der Waals surface area (Å²) >= 11 is 1.75. The summed E-state index contributed by atoms with van der Waals surface area (Å²) in [5.41, 5.74) is 1.35. The van der Waals surface area contributed by atoms with Crippen molar-refractivity contribution in [3.63, 3.8) is 0 Å². The Labute approximate surface area is 162 Å². The molecule has 6 heteroatoms. The smallest absolute Gasteiger partial charge is 0.193 e. The van der Waals surface area contributed by atoms with Gasteiger partial charge < -0.3 is 15.1 Å². The first-order chi connectivity index (χ1) is 10.7. The zero-order valence-electron chi connectivity index (χ0n) is 14.6. The first kappa shape index (κ1) is 20.7. The summed E-state index contributed by atoms with van der Waals surface area (Å²) in [5.74, 6) is 1.87. The van der Waals surface area contributed by atoms with Crippen molar-refractivity contribution in [1.29, 1.82) is 0 Å². The highest BCUT2D eigenvalue weighted by Gasteiger charge is 2.17. The van der Waals surface area contributed by atoms with Crippen LogP contribution in [0.4, 0.5) is 0 Å². The second-order valence-corrected chi connectivity index (χ2v) is 6.91. The summed E-state index contributed by atoms with van der Waals surface area (Å²) in [5, 5.41) is 7.85. The van der Waals surface area contributed by atoms with Crippen LogP contribution in [0.15, 0.2) is 21.8 Å². The summed E-state index contributed by atoms with van der Waals surface area (Å²) in [4.78, 5) is 9.15. The Bertz CT molecular complexity index is 441. The number of halogens is 1. The predicted molar refractivity (Wildman–Crippen MR) is 112 cm³/mol. The minimum absolute atomic E-state index is 0. The molecule has 0 spiro atoms. The van der Waals surface area contributed by atoms with Crippen LogP contribution in [-0.4, -0.2) is 56.0 Å². The van der Waals surface area contributed by atoms with E-state index in [0.29, 0.717) is 0 Å². The molecule has 1 aromatic heterocycles. The van der Waals surface area contributed by atoms with E-state index in [1.165, 1.54) is 44.5 Å². The molecule has 0 aromatic carbocycles. The maximum absolute atomic E-state index is 4.40. The molecule has 0 saturated carbocycles. The number of hydrogen-bond donors (Lipinski definition) is 1. The van der Waals surface area contributed by atoms with Crippen LogP contribution in [0.5, 0.6) is 0 Å². The molecule has 23 heavy (non-hydrogen) atoms. The molecular weight excluding hydrogens is 419 g/mol. The summed E-state index contributed by atoms with van der Waals surface area (Å²) in [7, 11) is 3.97. The highest BCUT2D eigenvalue weighted by Crippen LogP contribution is 2.19. The van der Waals surface area contributed by atoms with Gasteiger partial charge in [-0.2, -0.15) is 11.3 Å². The van der Waals surface area contributed by atoms with Crippen molar-refractivity contribution >= 4 is 41.3 Å². The number of rotatable bonds is 6. The number of piperidine rings is 1. The summed E-state index contributed by atoms with van der Waals surface area (Å²) in [6, 6.07) is 2.18. The van der Waals surface area contributed by atoms with Crippen molar-refractivity contribution in [2.75, 3.05) is 40.3 Å². The zero-order chi connectivity index (χ0) is 15.8. The van der Waals surface area contributed by atoms with Crippen LogP contribution in [0.3, 0.4) is 0 Å². The SMILES string of the molecule is CCN1CCC(CCNC(=NC)N(C)Cc2ccsc2)CC1.I. The van der Waals surface area contributed by atoms with Crippen LogP contribution >= 0.6 is 35.3 Å². The van der Waals surface area contributed by atoms with Crippen molar-refractivity contribution in [2.45, 2.75) is 32.7 Å². The zero-order valence-corrected chi connectivity index (χ0v) is 17.8. The lowest BCUT2D eigenvalue weighted by Crippen LogP contribution is -2.40. The Morgan fingerprint density at radius 3 is 2.74 bits per heavy atom. The Hall–Kier alpha value is -0.340. The average molecular weight is 450 g/mol. The molecular formula is C17H31IN4S. The van der Waals surface area contributed by atoms with Crippen molar-refractivity contribution in [3.8, 4) is 0 Å². The third kappa shape index (κ3) is 6.97. The summed E-state index contributed by atoms with van der Waals surface area (Å²) < 4.78 is 0. The average Bonchev–Trinajstić information content (AvgIpc) is 3.05. The molecule has 132 valence electrons. The second-order valence-electron chi connectivity index (χ2n) is 6.13. The van der Waals surface area contributed by atoms with Crippen molar-refractivity contribution in [3.05, 3.63) is 22.4 Å². The first-order valence-electron chi connectivity index (χ1n) is 8.38. The topological polar surface area (TPSA) is 30.9 Å². The molecule has 0 unspecified atom stereocenters. The van der Waals surface area contributed by atoms with Gasteiger partial charge in [0.25, 0.3) is 0 Å². The Morgan fingerprint density at radius 2 is 2.17 bits per heavy atom. The molecule has 4 nitrogen and oxygen atoms in total. The predicted octanol–water partition coefficient (Wildman–Crippen LogP) is 3.50. The van der Waals surface area contributed by atoms with E-state index < -0.39 is 0 Å². The van der Waals surface area contributed by atoms with Crippen LogP contribution in [0.2, 0.25) is 0 Å². The van der Waals surface area contributed by atoms with Gasteiger partial charge in [-0.05, 0) is 67.2 Å². The lowest BCUT2D eigenvalue weighted by atomic mass is 9.93. The lowest BCUT2D eigenvalue weighted by molar-refractivity contribution is 0.187. The highest BCUT2D eigenvalue weighted by atomic mass is 127. The number of aliphatic imine (C=N–C) groups is 1. The molecule has 0 amide bonds. The monoisotopic (exact) mass is 450 g/mol. The molecule has 0 radical (unpaired) electrons. The molecule has 0 aliphatic carbocycles. The third-order valence-electron chi connectivity index (χ3n) is 4.56. The van der Waals surface area contributed by atoms with Gasteiger partial charge in [0, 0.05) is 27.2 Å². The van der Waals surface area contributed by atoms with E-state index >= 15 is 0 Å². The molecule has 1 fully saturated rings. The Kier molecular flexibility index (Phi) is 10.1. The lowest BCUT2D eigenvalue weighted by Gasteiger charge is -2.31. The number of hydrogen-bond acceptors (Lipinski definition) is 3.